The van der Waals surface area contributed by atoms with Crippen molar-refractivity contribution in [3.05, 3.63) is 29.3 Å². The first-order chi connectivity index (χ1) is 15.3. The second kappa shape index (κ2) is 15.7. The summed E-state index contributed by atoms with van der Waals surface area (Å²) in [6, 6.07) is 0. The molecule has 3 rings (SSSR count). The maximum atomic E-state index is 3.24. The molecule has 0 aromatic carbocycles. The number of thioether (sulfide) groups is 6. The van der Waals surface area contributed by atoms with Crippen LogP contribution < -0.4 is 0 Å². The van der Waals surface area contributed by atoms with E-state index in [2.05, 4.69) is 54.7 Å². The Balaban J connectivity index is 1.46. The standard InChI is InChI=1S/C24H37NS6/c1-3-5-7-9-11-13-15-26-21-22(27-16-14-12-10-8-6-4-2)31-24(30-21)23-28-19-17-25-18-20(19)29-23/h17-18,25H,3-16H2,1-2H3. The number of unbranched alkanes of at least 4 members (excludes halogenated alkanes) is 10. The van der Waals surface area contributed by atoms with E-state index < -0.39 is 0 Å². The van der Waals surface area contributed by atoms with Crippen molar-refractivity contribution in [1.82, 2.24) is 4.98 Å². The summed E-state index contributed by atoms with van der Waals surface area (Å²) in [6.45, 7) is 4.59. The highest BCUT2D eigenvalue weighted by molar-refractivity contribution is 8.42. The van der Waals surface area contributed by atoms with Gasteiger partial charge in [0.2, 0.25) is 0 Å². The van der Waals surface area contributed by atoms with Crippen molar-refractivity contribution in [2.75, 3.05) is 11.5 Å². The second-order valence-corrected chi connectivity index (χ2v) is 15.4. The highest BCUT2D eigenvalue weighted by Gasteiger charge is 2.29. The molecular formula is C24H37NS6. The van der Waals surface area contributed by atoms with Crippen molar-refractivity contribution in [3.8, 4) is 0 Å². The van der Waals surface area contributed by atoms with Crippen LogP contribution in [0.15, 0.2) is 39.1 Å². The number of fused-ring (bicyclic) bond motifs is 1. The zero-order chi connectivity index (χ0) is 21.7. The van der Waals surface area contributed by atoms with E-state index in [4.69, 9.17) is 0 Å². The number of H-pyrrole nitrogens is 1. The van der Waals surface area contributed by atoms with Gasteiger partial charge in [-0.2, -0.15) is 0 Å². The van der Waals surface area contributed by atoms with Crippen molar-refractivity contribution >= 4 is 70.6 Å². The molecule has 174 valence electrons. The fraction of sp³-hybridized carbons (Fsp3) is 0.667. The summed E-state index contributed by atoms with van der Waals surface area (Å²) in [5.74, 6) is 2.55. The molecule has 0 bridgehead atoms. The summed E-state index contributed by atoms with van der Waals surface area (Å²) < 4.78 is 6.16. The lowest BCUT2D eigenvalue weighted by Gasteiger charge is -2.05. The Bertz CT molecular complexity index is 669. The smallest absolute Gasteiger partial charge is 0.0717 e. The van der Waals surface area contributed by atoms with E-state index in [0.29, 0.717) is 0 Å². The highest BCUT2D eigenvalue weighted by atomic mass is 32.3. The molecule has 7 heteroatoms. The van der Waals surface area contributed by atoms with Crippen LogP contribution in [-0.2, 0) is 0 Å². The number of hydrogen-bond donors (Lipinski definition) is 1. The Labute approximate surface area is 215 Å². The monoisotopic (exact) mass is 531 g/mol. The molecule has 0 atom stereocenters. The van der Waals surface area contributed by atoms with Gasteiger partial charge in [0.05, 0.1) is 16.9 Å². The summed E-state index contributed by atoms with van der Waals surface area (Å²) in [5, 5.41) is 0. The first-order valence-corrected chi connectivity index (χ1v) is 17.2. The number of nitrogens with one attached hydrogen (secondary N) is 1. The average Bonchev–Trinajstić information content (AvgIpc) is 3.47. The molecule has 2 aliphatic heterocycles. The molecule has 1 aromatic rings. The first-order valence-electron chi connectivity index (χ1n) is 11.9. The maximum Gasteiger partial charge on any atom is 0.0717 e. The van der Waals surface area contributed by atoms with E-state index >= 15 is 0 Å². The van der Waals surface area contributed by atoms with Crippen molar-refractivity contribution in [2.24, 2.45) is 0 Å². The number of rotatable bonds is 16. The second-order valence-electron chi connectivity index (χ2n) is 7.97. The normalized spacial score (nSPS) is 16.1. The van der Waals surface area contributed by atoms with E-state index in [1.54, 1.807) is 8.47 Å². The van der Waals surface area contributed by atoms with Crippen molar-refractivity contribution < 1.29 is 0 Å². The predicted molar refractivity (Wildman–Crippen MR) is 153 cm³/mol. The Kier molecular flexibility index (Phi) is 13.4. The molecule has 1 N–H and O–H groups in total. The molecule has 0 spiro atoms. The van der Waals surface area contributed by atoms with E-state index in [9.17, 15) is 0 Å². The summed E-state index contributed by atoms with van der Waals surface area (Å²) >= 11 is 12.2. The van der Waals surface area contributed by atoms with Crippen LogP contribution in [0.2, 0.25) is 0 Å². The van der Waals surface area contributed by atoms with Crippen LogP contribution in [-0.4, -0.2) is 16.5 Å². The Morgan fingerprint density at radius 3 is 1.48 bits per heavy atom. The van der Waals surface area contributed by atoms with Gasteiger partial charge in [-0.15, -0.1) is 23.5 Å². The molecule has 0 fully saturated rings. The fourth-order valence-electron chi connectivity index (χ4n) is 3.43. The van der Waals surface area contributed by atoms with Gasteiger partial charge in [0.15, 0.2) is 0 Å². The Hall–Kier alpha value is 0.860. The van der Waals surface area contributed by atoms with E-state index in [0.717, 1.165) is 0 Å². The van der Waals surface area contributed by atoms with Crippen molar-refractivity contribution in [1.29, 1.82) is 0 Å². The van der Waals surface area contributed by atoms with Crippen LogP contribution in [0.4, 0.5) is 0 Å². The molecule has 0 radical (unpaired) electrons. The van der Waals surface area contributed by atoms with Crippen LogP contribution >= 0.6 is 70.6 Å². The minimum absolute atomic E-state index is 1.28. The van der Waals surface area contributed by atoms with E-state index in [1.165, 1.54) is 107 Å². The molecule has 0 unspecified atom stereocenters. The Morgan fingerprint density at radius 1 is 0.581 bits per heavy atom. The van der Waals surface area contributed by atoms with Crippen molar-refractivity contribution in [3.63, 3.8) is 0 Å². The molecule has 0 saturated carbocycles. The predicted octanol–water partition coefficient (Wildman–Crippen LogP) is 11.1. The zero-order valence-corrected chi connectivity index (χ0v) is 23.9. The lowest BCUT2D eigenvalue weighted by Crippen LogP contribution is -1.84. The lowest BCUT2D eigenvalue weighted by atomic mass is 10.1. The van der Waals surface area contributed by atoms with Gasteiger partial charge >= 0.3 is 0 Å². The number of aromatic nitrogens is 1. The van der Waals surface area contributed by atoms with Gasteiger partial charge in [0.25, 0.3) is 0 Å². The molecule has 3 heterocycles. The first kappa shape index (κ1) is 26.5. The lowest BCUT2D eigenvalue weighted by molar-refractivity contribution is 0.627. The third-order valence-electron chi connectivity index (χ3n) is 5.24. The van der Waals surface area contributed by atoms with Crippen LogP contribution in [0.3, 0.4) is 0 Å². The van der Waals surface area contributed by atoms with Crippen LogP contribution in [0, 0.1) is 0 Å². The Morgan fingerprint density at radius 2 is 1.00 bits per heavy atom. The third kappa shape index (κ3) is 9.20. The van der Waals surface area contributed by atoms with Gasteiger partial charge in [-0.3, -0.25) is 0 Å². The van der Waals surface area contributed by atoms with E-state index in [-0.39, 0.29) is 0 Å². The molecule has 2 aliphatic rings. The summed E-state index contributed by atoms with van der Waals surface area (Å²) in [7, 11) is 0. The molecule has 0 saturated heterocycles. The van der Waals surface area contributed by atoms with Crippen molar-refractivity contribution in [2.45, 2.75) is 101 Å². The topological polar surface area (TPSA) is 15.8 Å². The average molecular weight is 532 g/mol. The summed E-state index contributed by atoms with van der Waals surface area (Å²) in [6.07, 6.45) is 20.9. The quantitative estimate of drug-likeness (QED) is 0.212. The summed E-state index contributed by atoms with van der Waals surface area (Å²) in [5.41, 5.74) is 0. The van der Waals surface area contributed by atoms with Crippen LogP contribution in [0.25, 0.3) is 0 Å². The molecule has 1 aromatic heterocycles. The zero-order valence-electron chi connectivity index (χ0n) is 19.0. The molecule has 31 heavy (non-hydrogen) atoms. The molecule has 0 aliphatic carbocycles. The maximum absolute atomic E-state index is 3.24. The van der Waals surface area contributed by atoms with Gasteiger partial charge in [-0.25, -0.2) is 0 Å². The number of aromatic amines is 1. The molecular weight excluding hydrogens is 495 g/mol. The highest BCUT2D eigenvalue weighted by Crippen LogP contribution is 2.64. The van der Waals surface area contributed by atoms with Gasteiger partial charge in [-0.1, -0.05) is 125 Å². The van der Waals surface area contributed by atoms with Gasteiger partial charge in [-0.05, 0) is 24.3 Å². The number of hydrogen-bond acceptors (Lipinski definition) is 6. The third-order valence-corrected chi connectivity index (χ3v) is 14.0. The minimum atomic E-state index is 1.28. The molecule has 0 amide bonds. The minimum Gasteiger partial charge on any atom is -0.366 e. The van der Waals surface area contributed by atoms with Gasteiger partial charge in [0, 0.05) is 22.2 Å². The summed E-state index contributed by atoms with van der Waals surface area (Å²) in [4.78, 5) is 6.02. The van der Waals surface area contributed by atoms with Crippen LogP contribution in [0.5, 0.6) is 0 Å². The van der Waals surface area contributed by atoms with E-state index in [1.807, 2.05) is 47.0 Å². The largest absolute Gasteiger partial charge is 0.366 e. The van der Waals surface area contributed by atoms with Gasteiger partial charge < -0.3 is 4.98 Å². The van der Waals surface area contributed by atoms with Crippen LogP contribution in [0.1, 0.15) is 90.9 Å². The fourth-order valence-corrected chi connectivity index (χ4v) is 12.2. The van der Waals surface area contributed by atoms with Gasteiger partial charge in [0.1, 0.15) is 0 Å². The molecule has 1 nitrogen and oxygen atoms in total. The SMILES string of the molecule is CCCCCCCCSC1=C(SCCCCCCCC)SC(=C2Sc3c[nH]cc3S2)S1.